The molecule has 0 saturated heterocycles. The first-order valence-electron chi connectivity index (χ1n) is 14.5. The summed E-state index contributed by atoms with van der Waals surface area (Å²) < 4.78 is 28.6. The molecule has 1 aromatic carbocycles. The zero-order chi connectivity index (χ0) is 29.7. The summed E-state index contributed by atoms with van der Waals surface area (Å²) in [6.07, 6.45) is 3.24. The molecule has 0 aromatic heterocycles. The molecule has 2 N–H and O–H groups in total. The first-order chi connectivity index (χ1) is 19.3. The summed E-state index contributed by atoms with van der Waals surface area (Å²) in [5.74, 6) is 0.0672. The third-order valence-electron chi connectivity index (χ3n) is 8.60. The Morgan fingerprint density at radius 3 is 2.66 bits per heavy atom. The minimum atomic E-state index is -1.31. The quantitative estimate of drug-likeness (QED) is 0.350. The van der Waals surface area contributed by atoms with E-state index in [-0.39, 0.29) is 24.2 Å². The van der Waals surface area contributed by atoms with Crippen LogP contribution in [0.3, 0.4) is 0 Å². The smallest absolute Gasteiger partial charge is 0.408 e. The fourth-order valence-electron chi connectivity index (χ4n) is 7.01. The highest BCUT2D eigenvalue weighted by Gasteiger charge is 2.71. The van der Waals surface area contributed by atoms with Gasteiger partial charge < -0.3 is 34.1 Å². The molecule has 1 aliphatic heterocycles. The molecule has 10 nitrogen and oxygen atoms in total. The number of esters is 2. The molecule has 0 unspecified atom stereocenters. The zero-order valence-electron chi connectivity index (χ0n) is 24.7. The van der Waals surface area contributed by atoms with Gasteiger partial charge in [0.2, 0.25) is 0 Å². The Morgan fingerprint density at radius 1 is 1.22 bits per heavy atom. The number of ether oxygens (including phenoxy) is 5. The van der Waals surface area contributed by atoms with Gasteiger partial charge in [-0.15, -0.1) is 0 Å². The van der Waals surface area contributed by atoms with Crippen LogP contribution < -0.4 is 14.8 Å². The molecular formula is C31H41NO9. The number of benzene rings is 1. The Morgan fingerprint density at radius 2 is 1.98 bits per heavy atom. The van der Waals surface area contributed by atoms with E-state index in [2.05, 4.69) is 5.32 Å². The second kappa shape index (κ2) is 10.5. The molecule has 1 spiro atoms. The van der Waals surface area contributed by atoms with Gasteiger partial charge in [0.15, 0.2) is 17.6 Å². The van der Waals surface area contributed by atoms with Crippen molar-refractivity contribution < 1.29 is 43.2 Å². The van der Waals surface area contributed by atoms with Crippen molar-refractivity contribution in [2.24, 2.45) is 11.8 Å². The second-order valence-corrected chi connectivity index (χ2v) is 13.0. The lowest BCUT2D eigenvalue weighted by Crippen LogP contribution is -2.67. The number of rotatable bonds is 8. The number of amides is 1. The number of hydrogen-bond acceptors (Lipinski definition) is 9. The molecule has 5 rings (SSSR count). The number of carbonyl (C=O) groups is 3. The first kappa shape index (κ1) is 29.2. The lowest BCUT2D eigenvalue weighted by atomic mass is 9.47. The van der Waals surface area contributed by atoms with Crippen molar-refractivity contribution in [3.63, 3.8) is 0 Å². The average Bonchev–Trinajstić information content (AvgIpc) is 3.22. The van der Waals surface area contributed by atoms with Crippen LogP contribution in [0, 0.1) is 11.8 Å². The van der Waals surface area contributed by atoms with E-state index in [1.165, 1.54) is 0 Å². The maximum absolute atomic E-state index is 13.3. The molecule has 224 valence electrons. The van der Waals surface area contributed by atoms with Crippen LogP contribution in [-0.4, -0.2) is 60.2 Å². The highest BCUT2D eigenvalue weighted by Crippen LogP contribution is 2.67. The fraction of sp³-hybridized carbons (Fsp3) is 0.645. The molecule has 2 bridgehead atoms. The van der Waals surface area contributed by atoms with Crippen molar-refractivity contribution in [3.8, 4) is 11.5 Å². The van der Waals surface area contributed by atoms with E-state index >= 15 is 0 Å². The molecule has 1 fully saturated rings. The molecule has 1 saturated carbocycles. The summed E-state index contributed by atoms with van der Waals surface area (Å²) in [4.78, 5) is 38.7. The third-order valence-corrected chi connectivity index (χ3v) is 8.60. The number of methoxy groups -OCH3 is 1. The normalized spacial score (nSPS) is 28.0. The van der Waals surface area contributed by atoms with Crippen LogP contribution in [0.1, 0.15) is 77.8 Å². The summed E-state index contributed by atoms with van der Waals surface area (Å²) in [6, 6.07) is 2.62. The fourth-order valence-corrected chi connectivity index (χ4v) is 7.01. The highest BCUT2D eigenvalue weighted by molar-refractivity contribution is 5.86. The topological polar surface area (TPSA) is 130 Å². The highest BCUT2D eigenvalue weighted by atomic mass is 16.6. The van der Waals surface area contributed by atoms with E-state index in [0.717, 1.165) is 30.4 Å². The molecular weight excluding hydrogens is 530 g/mol. The number of nitrogens with one attached hydrogen (secondary N) is 1. The van der Waals surface area contributed by atoms with Gasteiger partial charge in [-0.25, -0.2) is 9.59 Å². The average molecular weight is 572 g/mol. The van der Waals surface area contributed by atoms with E-state index in [1.807, 2.05) is 26.0 Å². The predicted octanol–water partition coefficient (Wildman–Crippen LogP) is 4.09. The third kappa shape index (κ3) is 5.04. The van der Waals surface area contributed by atoms with Gasteiger partial charge in [0, 0.05) is 5.56 Å². The Hall–Kier alpha value is -3.27. The van der Waals surface area contributed by atoms with E-state index in [0.29, 0.717) is 24.3 Å². The van der Waals surface area contributed by atoms with Crippen molar-refractivity contribution in [1.29, 1.82) is 0 Å². The molecule has 1 heterocycles. The van der Waals surface area contributed by atoms with Crippen molar-refractivity contribution in [2.75, 3.05) is 13.7 Å². The van der Waals surface area contributed by atoms with Gasteiger partial charge >= 0.3 is 18.0 Å². The number of carbonyl (C=O) groups excluding carboxylic acids is 3. The Bertz CT molecular complexity index is 1260. The van der Waals surface area contributed by atoms with Gasteiger partial charge in [0.25, 0.3) is 0 Å². The summed E-state index contributed by atoms with van der Waals surface area (Å²) in [7, 11) is 1.58. The van der Waals surface area contributed by atoms with Crippen LogP contribution in [-0.2, 0) is 35.6 Å². The number of hydrogen-bond donors (Lipinski definition) is 2. The van der Waals surface area contributed by atoms with Crippen LogP contribution in [0.15, 0.2) is 24.0 Å². The molecule has 5 atom stereocenters. The van der Waals surface area contributed by atoms with Gasteiger partial charge in [0.05, 0.1) is 31.2 Å². The van der Waals surface area contributed by atoms with Crippen LogP contribution in [0.25, 0.3) is 0 Å². The van der Waals surface area contributed by atoms with E-state index in [4.69, 9.17) is 23.7 Å². The monoisotopic (exact) mass is 571 g/mol. The summed E-state index contributed by atoms with van der Waals surface area (Å²) in [5.41, 5.74) is -0.546. The maximum atomic E-state index is 13.3. The van der Waals surface area contributed by atoms with Crippen LogP contribution in [0.4, 0.5) is 4.79 Å². The van der Waals surface area contributed by atoms with E-state index in [1.54, 1.807) is 34.0 Å². The van der Waals surface area contributed by atoms with Gasteiger partial charge in [-0.05, 0) is 76.0 Å². The lowest BCUT2D eigenvalue weighted by Gasteiger charge is -2.59. The molecule has 3 aliphatic carbocycles. The van der Waals surface area contributed by atoms with E-state index in [9.17, 15) is 19.5 Å². The summed E-state index contributed by atoms with van der Waals surface area (Å²) >= 11 is 0. The largest absolute Gasteiger partial charge is 0.493 e. The molecule has 1 amide bonds. The van der Waals surface area contributed by atoms with Gasteiger partial charge in [-0.2, -0.15) is 0 Å². The lowest BCUT2D eigenvalue weighted by molar-refractivity contribution is -0.161. The molecule has 0 radical (unpaired) electrons. The Balaban J connectivity index is 1.39. The van der Waals surface area contributed by atoms with Gasteiger partial charge in [0.1, 0.15) is 17.4 Å². The van der Waals surface area contributed by atoms with Crippen molar-refractivity contribution in [3.05, 3.63) is 35.1 Å². The van der Waals surface area contributed by atoms with Crippen LogP contribution in [0.2, 0.25) is 0 Å². The molecule has 10 heteroatoms. The van der Waals surface area contributed by atoms with Crippen LogP contribution >= 0.6 is 0 Å². The Labute approximate surface area is 240 Å². The number of aliphatic hydroxyl groups is 1. The minimum absolute atomic E-state index is 0.0563. The van der Waals surface area contributed by atoms with Crippen molar-refractivity contribution in [2.45, 2.75) is 102 Å². The first-order valence-corrected chi connectivity index (χ1v) is 14.5. The predicted molar refractivity (Wildman–Crippen MR) is 147 cm³/mol. The molecule has 1 aromatic rings. The molecule has 4 aliphatic rings. The number of alkyl carbamates (subject to hydrolysis) is 1. The summed E-state index contributed by atoms with van der Waals surface area (Å²) in [5, 5.41) is 14.7. The second-order valence-electron chi connectivity index (χ2n) is 13.0. The molecule has 41 heavy (non-hydrogen) atoms. The van der Waals surface area contributed by atoms with E-state index < -0.39 is 53.2 Å². The van der Waals surface area contributed by atoms with Crippen molar-refractivity contribution >= 4 is 18.0 Å². The SMILES string of the molecule is COc1ccc2c3c1O[C@H]1C(OC(=O)C[C@H](NC(=O)OC(C)(C)C)C(=O)OCC(C)C)=CC[C@@]4(O)[C@H](CCC[C@]314)C2. The standard InChI is InChI=1S/C31H41NO9/c1-17(2)16-38-27(34)20(32-28(35)41-29(3,4)5)15-23(33)39-22-11-13-31(36)19-8-7-12-30(31)24-18(14-19)9-10-21(37-6)25(24)40-26(22)30/h9-11,17,19-20,26,36H,7-8,12-16H2,1-6H3,(H,32,35)/t19-,20+,26+,30+,31-/m1/s1. The Kier molecular flexibility index (Phi) is 7.51. The zero-order valence-corrected chi connectivity index (χ0v) is 24.7. The maximum Gasteiger partial charge on any atom is 0.408 e. The van der Waals surface area contributed by atoms with Crippen molar-refractivity contribution in [1.82, 2.24) is 5.32 Å². The van der Waals surface area contributed by atoms with Gasteiger partial charge in [-0.1, -0.05) is 26.3 Å². The minimum Gasteiger partial charge on any atom is -0.493 e. The summed E-state index contributed by atoms with van der Waals surface area (Å²) in [6.45, 7) is 8.99. The van der Waals surface area contributed by atoms with Gasteiger partial charge in [-0.3, -0.25) is 4.79 Å². The van der Waals surface area contributed by atoms with Crippen LogP contribution in [0.5, 0.6) is 11.5 Å².